The quantitative estimate of drug-likeness (QED) is 0.0169. The summed E-state index contributed by atoms with van der Waals surface area (Å²) in [6.45, 7) is 7.35. The monoisotopic (exact) mass is 1500 g/mol. The maximum Gasteiger partial charge on any atom is 0.472 e. The lowest BCUT2D eigenvalue weighted by Gasteiger charge is -2.21. The minimum atomic E-state index is -4.97. The lowest BCUT2D eigenvalue weighted by atomic mass is 9.99. The number of aliphatic hydroxyl groups is 1. The molecule has 103 heavy (non-hydrogen) atoms. The number of phosphoric acid groups is 2. The van der Waals surface area contributed by atoms with Crippen molar-refractivity contribution in [2.45, 2.75) is 445 Å². The third-order valence-electron chi connectivity index (χ3n) is 19.5. The van der Waals surface area contributed by atoms with Gasteiger partial charge in [0.15, 0.2) is 12.2 Å². The average molecular weight is 1500 g/mol. The SMILES string of the molecule is CCCCCC/C=C\C=C/CCCCCCCC(=O)OC[C@H](COP(=O)(O)OC[C@@H](O)COP(=O)(O)OC[C@@H](COC(=O)CCCCCCCCCCCCCCC)OC(=O)CCCCCCCCCCCCCCC)OC(=O)CCCCCCCCCCCCCCCCCCCCC(C)CC. The molecule has 0 aliphatic heterocycles. The largest absolute Gasteiger partial charge is 0.472 e. The van der Waals surface area contributed by atoms with Crippen LogP contribution in [-0.4, -0.2) is 96.7 Å². The Hall–Kier alpha value is -2.46. The molecule has 608 valence electrons. The number of hydrogen-bond acceptors (Lipinski definition) is 15. The predicted octanol–water partition coefficient (Wildman–Crippen LogP) is 25.1. The van der Waals surface area contributed by atoms with Crippen LogP contribution in [0.3, 0.4) is 0 Å². The zero-order valence-corrected chi connectivity index (χ0v) is 68.7. The molecule has 3 unspecified atom stereocenters. The van der Waals surface area contributed by atoms with Gasteiger partial charge in [-0.15, -0.1) is 0 Å². The molecule has 0 amide bonds. The molecule has 0 aliphatic carbocycles. The topological polar surface area (TPSA) is 237 Å². The zero-order valence-electron chi connectivity index (χ0n) is 66.9. The number of carbonyl (C=O) groups excluding carboxylic acids is 4. The molecule has 0 aromatic carbocycles. The van der Waals surface area contributed by atoms with Crippen LogP contribution in [0, 0.1) is 5.92 Å². The van der Waals surface area contributed by atoms with E-state index in [9.17, 15) is 43.2 Å². The van der Waals surface area contributed by atoms with Crippen LogP contribution in [-0.2, 0) is 65.4 Å². The second kappa shape index (κ2) is 76.3. The number of rotatable bonds is 82. The molecule has 0 bridgehead atoms. The fourth-order valence-corrected chi connectivity index (χ4v) is 14.1. The first-order chi connectivity index (χ1) is 50.1. The highest BCUT2D eigenvalue weighted by Gasteiger charge is 2.30. The van der Waals surface area contributed by atoms with Crippen molar-refractivity contribution in [3.05, 3.63) is 24.3 Å². The van der Waals surface area contributed by atoms with Gasteiger partial charge in [0.2, 0.25) is 0 Å². The van der Waals surface area contributed by atoms with Gasteiger partial charge in [0.05, 0.1) is 26.4 Å². The highest BCUT2D eigenvalue weighted by Crippen LogP contribution is 2.45. The zero-order chi connectivity index (χ0) is 75.5. The lowest BCUT2D eigenvalue weighted by Crippen LogP contribution is -2.30. The van der Waals surface area contributed by atoms with Crippen molar-refractivity contribution in [2.24, 2.45) is 5.92 Å². The molecule has 3 N–H and O–H groups in total. The van der Waals surface area contributed by atoms with Crippen molar-refractivity contribution < 1.29 is 80.2 Å². The first kappa shape index (κ1) is 101. The second-order valence-electron chi connectivity index (χ2n) is 29.8. The van der Waals surface area contributed by atoms with E-state index in [-0.39, 0.29) is 25.7 Å². The van der Waals surface area contributed by atoms with Crippen molar-refractivity contribution in [3.8, 4) is 0 Å². The third-order valence-corrected chi connectivity index (χ3v) is 21.4. The van der Waals surface area contributed by atoms with Crippen LogP contribution in [0.1, 0.15) is 426 Å². The Kier molecular flexibility index (Phi) is 74.5. The standard InChI is InChI=1S/C84H160O17P2/c1-6-10-13-16-19-22-25-28-33-39-43-48-53-58-63-68-82(87)95-74-80(101-84(89)70-65-60-55-50-45-40-35-32-30-29-31-34-38-41-46-51-56-61-66-77(5)9-4)76-99-103(92,93)97-72-78(85)71-96-102(90,91)98-75-79(100-83(88)69-64-59-54-49-44-37-27-24-21-18-15-12-8-3)73-94-81(86)67-62-57-52-47-42-36-26-23-20-17-14-11-7-2/h22,25,28,33,77-80,85H,6-21,23-24,26-27,29-32,34-76H2,1-5H3,(H,90,91)(H,92,93)/b25-22-,33-28-/t77?,78-,79+,80+/m0/s1. The first-order valence-electron chi connectivity index (χ1n) is 43.0. The molecule has 19 heteroatoms. The summed E-state index contributed by atoms with van der Waals surface area (Å²) in [4.78, 5) is 73.1. The van der Waals surface area contributed by atoms with E-state index in [1.165, 1.54) is 231 Å². The highest BCUT2D eigenvalue weighted by molar-refractivity contribution is 7.47. The number of esters is 4. The molecule has 0 saturated carbocycles. The molecule has 17 nitrogen and oxygen atoms in total. The minimum Gasteiger partial charge on any atom is -0.462 e. The van der Waals surface area contributed by atoms with Gasteiger partial charge in [-0.2, -0.15) is 0 Å². The summed E-state index contributed by atoms with van der Waals surface area (Å²) in [5.74, 6) is -1.26. The smallest absolute Gasteiger partial charge is 0.462 e. The van der Waals surface area contributed by atoms with Crippen molar-refractivity contribution in [1.29, 1.82) is 0 Å². The fourth-order valence-electron chi connectivity index (χ4n) is 12.5. The molecule has 0 aromatic rings. The van der Waals surface area contributed by atoms with Crippen LogP contribution in [0.4, 0.5) is 0 Å². The van der Waals surface area contributed by atoms with Gasteiger partial charge < -0.3 is 33.8 Å². The van der Waals surface area contributed by atoms with E-state index in [1.807, 2.05) is 0 Å². The Morgan fingerprint density at radius 1 is 0.311 bits per heavy atom. The maximum absolute atomic E-state index is 13.1. The van der Waals surface area contributed by atoms with Gasteiger partial charge in [-0.05, 0) is 57.3 Å². The van der Waals surface area contributed by atoms with Crippen molar-refractivity contribution >= 4 is 39.5 Å². The maximum atomic E-state index is 13.1. The Morgan fingerprint density at radius 2 is 0.544 bits per heavy atom. The van der Waals surface area contributed by atoms with Crippen LogP contribution in [0.25, 0.3) is 0 Å². The molecular weight excluding hydrogens is 1340 g/mol. The van der Waals surface area contributed by atoms with Gasteiger partial charge in [-0.1, -0.05) is 374 Å². The fraction of sp³-hybridized carbons (Fsp3) is 0.905. The van der Waals surface area contributed by atoms with Gasteiger partial charge >= 0.3 is 39.5 Å². The normalized spacial score (nSPS) is 14.2. The Balaban J connectivity index is 5.26. The van der Waals surface area contributed by atoms with E-state index in [4.69, 9.17) is 37.0 Å². The number of hydrogen-bond donors (Lipinski definition) is 3. The van der Waals surface area contributed by atoms with E-state index in [2.05, 4.69) is 58.9 Å². The number of unbranched alkanes of at least 4 members (excludes halogenated alkanes) is 50. The summed E-state index contributed by atoms with van der Waals surface area (Å²) >= 11 is 0. The molecule has 0 heterocycles. The van der Waals surface area contributed by atoms with Crippen molar-refractivity contribution in [2.75, 3.05) is 39.6 Å². The summed E-state index contributed by atoms with van der Waals surface area (Å²) in [5.41, 5.74) is 0. The molecule has 0 rings (SSSR count). The number of carbonyl (C=O) groups is 4. The van der Waals surface area contributed by atoms with Gasteiger partial charge in [0.1, 0.15) is 19.3 Å². The lowest BCUT2D eigenvalue weighted by molar-refractivity contribution is -0.161. The van der Waals surface area contributed by atoms with Crippen molar-refractivity contribution in [3.63, 3.8) is 0 Å². The molecule has 6 atom stereocenters. The van der Waals surface area contributed by atoms with Crippen LogP contribution >= 0.6 is 15.6 Å². The van der Waals surface area contributed by atoms with E-state index >= 15 is 0 Å². The minimum absolute atomic E-state index is 0.102. The summed E-state index contributed by atoms with van der Waals surface area (Å²) in [5, 5.41) is 10.7. The van der Waals surface area contributed by atoms with Crippen LogP contribution in [0.15, 0.2) is 24.3 Å². The molecule has 0 spiro atoms. The number of ether oxygens (including phenoxy) is 4. The van der Waals surface area contributed by atoms with E-state index in [0.29, 0.717) is 25.7 Å². The van der Waals surface area contributed by atoms with Crippen molar-refractivity contribution in [1.82, 2.24) is 0 Å². The first-order valence-corrected chi connectivity index (χ1v) is 46.0. The number of aliphatic hydroxyl groups excluding tert-OH is 1. The Bertz CT molecular complexity index is 2060. The highest BCUT2D eigenvalue weighted by atomic mass is 31.2. The predicted molar refractivity (Wildman–Crippen MR) is 423 cm³/mol. The van der Waals surface area contributed by atoms with Crippen LogP contribution in [0.5, 0.6) is 0 Å². The Labute approximate surface area is 631 Å². The summed E-state index contributed by atoms with van der Waals surface area (Å²) in [6, 6.07) is 0. The van der Waals surface area contributed by atoms with Gasteiger partial charge in [-0.25, -0.2) is 9.13 Å². The average Bonchev–Trinajstić information content (AvgIpc) is 0.986. The second-order valence-corrected chi connectivity index (χ2v) is 32.7. The van der Waals surface area contributed by atoms with Gasteiger partial charge in [0, 0.05) is 25.7 Å². The van der Waals surface area contributed by atoms with E-state index < -0.39 is 97.5 Å². The van der Waals surface area contributed by atoms with Gasteiger partial charge in [-0.3, -0.25) is 37.3 Å². The third kappa shape index (κ3) is 76.1. The summed E-state index contributed by atoms with van der Waals surface area (Å²) < 4.78 is 68.8. The van der Waals surface area contributed by atoms with Crippen LogP contribution in [0.2, 0.25) is 0 Å². The molecular formula is C84H160O17P2. The molecule has 0 fully saturated rings. The number of allylic oxidation sites excluding steroid dienone is 4. The molecule has 0 aliphatic rings. The molecule has 0 radical (unpaired) electrons. The van der Waals surface area contributed by atoms with Crippen LogP contribution < -0.4 is 0 Å². The molecule has 0 saturated heterocycles. The van der Waals surface area contributed by atoms with E-state index in [0.717, 1.165) is 115 Å². The summed E-state index contributed by atoms with van der Waals surface area (Å²) in [7, 11) is -9.93. The summed E-state index contributed by atoms with van der Waals surface area (Å²) in [6.07, 6.45) is 71.4. The van der Waals surface area contributed by atoms with E-state index in [1.54, 1.807) is 0 Å². The number of phosphoric ester groups is 2. The molecule has 0 aromatic heterocycles. The Morgan fingerprint density at radius 3 is 0.825 bits per heavy atom. The van der Waals surface area contributed by atoms with Gasteiger partial charge in [0.25, 0.3) is 0 Å².